The van der Waals surface area contributed by atoms with Crippen LogP contribution in [0.2, 0.25) is 0 Å². The second-order valence-electron chi connectivity index (χ2n) is 6.23. The van der Waals surface area contributed by atoms with E-state index in [0.29, 0.717) is 31.6 Å². The Bertz CT molecular complexity index is 713. The summed E-state index contributed by atoms with van der Waals surface area (Å²) in [6, 6.07) is 7.69. The van der Waals surface area contributed by atoms with Gasteiger partial charge < -0.3 is 14.6 Å². The van der Waals surface area contributed by atoms with E-state index in [9.17, 15) is 9.59 Å². The predicted molar refractivity (Wildman–Crippen MR) is 98.4 cm³/mol. The first-order valence-corrected chi connectivity index (χ1v) is 9.80. The van der Waals surface area contributed by atoms with Gasteiger partial charge in [-0.3, -0.25) is 23.5 Å². The number of nitrogens with zero attached hydrogens (tertiary/aromatic N) is 1. The van der Waals surface area contributed by atoms with Crippen molar-refractivity contribution in [3.63, 3.8) is 0 Å². The van der Waals surface area contributed by atoms with E-state index < -0.39 is 14.8 Å². The van der Waals surface area contributed by atoms with Gasteiger partial charge in [-0.1, -0.05) is 18.2 Å². The van der Waals surface area contributed by atoms with E-state index in [-0.39, 0.29) is 12.0 Å². The molecule has 0 spiro atoms. The van der Waals surface area contributed by atoms with Crippen molar-refractivity contribution in [1.29, 1.82) is 0 Å². The van der Waals surface area contributed by atoms with Crippen molar-refractivity contribution in [2.45, 2.75) is 38.7 Å². The van der Waals surface area contributed by atoms with Crippen LogP contribution >= 0.6 is 8.60 Å². The monoisotopic (exact) mass is 394 g/mol. The van der Waals surface area contributed by atoms with Crippen molar-refractivity contribution < 1.29 is 27.9 Å². The Labute approximate surface area is 159 Å². The summed E-state index contributed by atoms with van der Waals surface area (Å²) in [6.45, 7) is 2.41. The summed E-state index contributed by atoms with van der Waals surface area (Å²) in [5.74, 6) is 0.538. The Morgan fingerprint density at radius 1 is 1.41 bits per heavy atom. The number of nitrogens with one attached hydrogen (secondary N) is 1. The van der Waals surface area contributed by atoms with Crippen LogP contribution in [0, 0.1) is 0 Å². The molecule has 1 fully saturated rings. The third kappa shape index (κ3) is 5.05. The van der Waals surface area contributed by atoms with Crippen LogP contribution < -0.4 is 9.84 Å². The Balaban J connectivity index is 1.48. The first-order valence-electron chi connectivity index (χ1n) is 8.71. The predicted octanol–water partition coefficient (Wildman–Crippen LogP) is 2.45. The Kier molecular flexibility index (Phi) is 6.79. The lowest BCUT2D eigenvalue weighted by Gasteiger charge is -2.25. The van der Waals surface area contributed by atoms with Gasteiger partial charge in [0.15, 0.2) is 0 Å². The fourth-order valence-electron chi connectivity index (χ4n) is 2.84. The largest absolute Gasteiger partial charge is 0.426 e. The molecule has 3 rings (SSSR count). The molecule has 1 N–H and O–H groups in total. The van der Waals surface area contributed by atoms with E-state index in [2.05, 4.69) is 5.32 Å². The fraction of sp³-hybridized carbons (Fsp3) is 0.444. The molecule has 2 heterocycles. The normalized spacial score (nSPS) is 24.7. The average Bonchev–Trinajstić information content (AvgIpc) is 3.18. The topological polar surface area (TPSA) is 86.3 Å². The minimum atomic E-state index is -1.46. The number of carbonyl (C=O) groups is 2. The molecule has 2 aliphatic rings. The van der Waals surface area contributed by atoms with Crippen molar-refractivity contribution >= 4 is 20.9 Å². The number of amides is 2. The minimum absolute atomic E-state index is 0.168. The standard InChI is InChI=1S/C18H23N2O6P/c1-13(18(22)19-2)9-20(12-21)17-8-7-15(25-17)11-24-27-23-10-14-5-3-4-6-16(14)26-27/h3-6,9,12,15,17H,7-8,10-11H2,1-2H3,(H,19,22)/b13-9-. The van der Waals surface area contributed by atoms with E-state index in [0.717, 1.165) is 17.7 Å². The smallest absolute Gasteiger partial charge is 0.397 e. The first-order chi connectivity index (χ1) is 13.1. The summed E-state index contributed by atoms with van der Waals surface area (Å²) >= 11 is 0. The molecule has 3 unspecified atom stereocenters. The minimum Gasteiger partial charge on any atom is -0.426 e. The zero-order valence-electron chi connectivity index (χ0n) is 15.3. The van der Waals surface area contributed by atoms with E-state index >= 15 is 0 Å². The molecule has 146 valence electrons. The second kappa shape index (κ2) is 9.28. The van der Waals surface area contributed by atoms with Gasteiger partial charge in [-0.25, -0.2) is 0 Å². The maximum atomic E-state index is 11.6. The molecular weight excluding hydrogens is 371 g/mol. The third-order valence-corrected chi connectivity index (χ3v) is 5.35. The number of benzene rings is 1. The third-order valence-electron chi connectivity index (χ3n) is 4.30. The molecule has 1 saturated heterocycles. The molecule has 1 aromatic rings. The number of hydrogen-bond acceptors (Lipinski definition) is 6. The van der Waals surface area contributed by atoms with E-state index in [1.807, 2.05) is 24.3 Å². The van der Waals surface area contributed by atoms with E-state index in [1.165, 1.54) is 11.1 Å². The van der Waals surface area contributed by atoms with E-state index in [1.54, 1.807) is 14.0 Å². The summed E-state index contributed by atoms with van der Waals surface area (Å²) in [4.78, 5) is 24.3. The van der Waals surface area contributed by atoms with Crippen LogP contribution in [-0.2, 0) is 30.0 Å². The van der Waals surface area contributed by atoms with Gasteiger partial charge in [-0.2, -0.15) is 0 Å². The van der Waals surface area contributed by atoms with Crippen LogP contribution in [0.5, 0.6) is 5.75 Å². The highest BCUT2D eigenvalue weighted by molar-refractivity contribution is 7.42. The van der Waals surface area contributed by atoms with Crippen LogP contribution in [0.4, 0.5) is 0 Å². The molecule has 0 aliphatic carbocycles. The lowest BCUT2D eigenvalue weighted by molar-refractivity contribution is -0.127. The lowest BCUT2D eigenvalue weighted by Crippen LogP contribution is -2.32. The van der Waals surface area contributed by atoms with Gasteiger partial charge in [0.2, 0.25) is 12.3 Å². The van der Waals surface area contributed by atoms with Crippen molar-refractivity contribution in [1.82, 2.24) is 10.2 Å². The van der Waals surface area contributed by atoms with Gasteiger partial charge in [0.25, 0.3) is 0 Å². The summed E-state index contributed by atoms with van der Waals surface area (Å²) in [5.41, 5.74) is 1.43. The van der Waals surface area contributed by atoms with Gasteiger partial charge in [-0.05, 0) is 25.8 Å². The molecule has 2 amide bonds. The van der Waals surface area contributed by atoms with Gasteiger partial charge in [0, 0.05) is 24.4 Å². The quantitative estimate of drug-likeness (QED) is 0.434. The zero-order chi connectivity index (χ0) is 19.2. The summed E-state index contributed by atoms with van der Waals surface area (Å²) < 4.78 is 22.9. The number of para-hydroxylation sites is 1. The molecule has 0 saturated carbocycles. The van der Waals surface area contributed by atoms with Crippen molar-refractivity contribution in [2.75, 3.05) is 13.7 Å². The van der Waals surface area contributed by atoms with Crippen molar-refractivity contribution in [3.8, 4) is 5.75 Å². The van der Waals surface area contributed by atoms with Crippen molar-refractivity contribution in [3.05, 3.63) is 41.6 Å². The molecule has 0 radical (unpaired) electrons. The second-order valence-corrected chi connectivity index (χ2v) is 7.37. The maximum absolute atomic E-state index is 11.6. The number of hydrogen-bond donors (Lipinski definition) is 1. The van der Waals surface area contributed by atoms with Crippen LogP contribution in [0.25, 0.3) is 0 Å². The number of fused-ring (bicyclic) bond motifs is 1. The number of likely N-dealkylation sites (N-methyl/N-ethyl adjacent to an activating group) is 1. The molecule has 3 atom stereocenters. The lowest BCUT2D eigenvalue weighted by atomic mass is 10.2. The van der Waals surface area contributed by atoms with Gasteiger partial charge >= 0.3 is 8.60 Å². The molecule has 0 aromatic heterocycles. The Morgan fingerprint density at radius 3 is 3.00 bits per heavy atom. The summed E-state index contributed by atoms with van der Waals surface area (Å²) in [7, 11) is 0.0811. The van der Waals surface area contributed by atoms with Gasteiger partial charge in [-0.15, -0.1) is 0 Å². The molecule has 2 aliphatic heterocycles. The SMILES string of the molecule is CNC(=O)/C(C)=C\N(C=O)C1CCC(COP2OCc3ccccc3O2)O1. The van der Waals surface area contributed by atoms with Gasteiger partial charge in [0.05, 0.1) is 19.3 Å². The molecule has 1 aromatic carbocycles. The van der Waals surface area contributed by atoms with Crippen LogP contribution in [0.3, 0.4) is 0 Å². The van der Waals surface area contributed by atoms with Crippen LogP contribution in [0.1, 0.15) is 25.3 Å². The maximum Gasteiger partial charge on any atom is 0.397 e. The summed E-state index contributed by atoms with van der Waals surface area (Å²) in [5, 5.41) is 2.52. The van der Waals surface area contributed by atoms with E-state index in [4.69, 9.17) is 18.3 Å². The van der Waals surface area contributed by atoms with Crippen LogP contribution in [0.15, 0.2) is 36.0 Å². The molecular formula is C18H23N2O6P. The van der Waals surface area contributed by atoms with Crippen LogP contribution in [-0.4, -0.2) is 43.2 Å². The van der Waals surface area contributed by atoms with Crippen molar-refractivity contribution in [2.24, 2.45) is 0 Å². The fourth-order valence-corrected chi connectivity index (χ4v) is 3.89. The van der Waals surface area contributed by atoms with Gasteiger partial charge in [0.1, 0.15) is 12.0 Å². The molecule has 27 heavy (non-hydrogen) atoms. The zero-order valence-corrected chi connectivity index (χ0v) is 16.2. The average molecular weight is 394 g/mol. The number of rotatable bonds is 7. The molecule has 0 bridgehead atoms. The Morgan fingerprint density at radius 2 is 2.22 bits per heavy atom. The number of carbonyl (C=O) groups excluding carboxylic acids is 2. The molecule has 8 nitrogen and oxygen atoms in total. The Hall–Kier alpha value is -1.99. The molecule has 9 heteroatoms. The first kappa shape index (κ1) is 19.8. The highest BCUT2D eigenvalue weighted by Crippen LogP contribution is 2.47. The highest BCUT2D eigenvalue weighted by Gasteiger charge is 2.31. The summed E-state index contributed by atoms with van der Waals surface area (Å²) in [6.07, 6.45) is 2.97. The highest BCUT2D eigenvalue weighted by atomic mass is 31.2. The number of ether oxygens (including phenoxy) is 1.